The first-order valence-electron chi connectivity index (χ1n) is 6.62. The lowest BCUT2D eigenvalue weighted by atomic mass is 10.1. The van der Waals surface area contributed by atoms with E-state index < -0.39 is 0 Å². The Morgan fingerprint density at radius 3 is 2.58 bits per heavy atom. The Morgan fingerprint density at radius 2 is 1.84 bits per heavy atom. The molecular weight excluding hydrogens is 236 g/mol. The summed E-state index contributed by atoms with van der Waals surface area (Å²) < 4.78 is 0. The van der Waals surface area contributed by atoms with Gasteiger partial charge in [-0.25, -0.2) is 0 Å². The Labute approximate surface area is 114 Å². The summed E-state index contributed by atoms with van der Waals surface area (Å²) in [5, 5.41) is 6.72. The van der Waals surface area contributed by atoms with Gasteiger partial charge in [-0.2, -0.15) is 0 Å². The standard InChI is InChI=1S/C15H20N4/c1-3-5-18-14-7-15(11-17-10-14)19-9-13-4-6-16-8-12(13)2/h4,6-8,10-11,18-19H,3,5,9H2,1-2H3. The molecule has 2 N–H and O–H groups in total. The Balaban J connectivity index is 1.98. The zero-order valence-corrected chi connectivity index (χ0v) is 11.5. The van der Waals surface area contributed by atoms with Gasteiger partial charge in [-0.3, -0.25) is 9.97 Å². The van der Waals surface area contributed by atoms with Crippen LogP contribution in [0.2, 0.25) is 0 Å². The van der Waals surface area contributed by atoms with Gasteiger partial charge in [0, 0.05) is 25.5 Å². The van der Waals surface area contributed by atoms with Crippen LogP contribution in [0.3, 0.4) is 0 Å². The van der Waals surface area contributed by atoms with Crippen LogP contribution in [0.25, 0.3) is 0 Å². The fourth-order valence-electron chi connectivity index (χ4n) is 1.80. The number of hydrogen-bond acceptors (Lipinski definition) is 4. The molecule has 0 spiro atoms. The van der Waals surface area contributed by atoms with Crippen molar-refractivity contribution < 1.29 is 0 Å². The van der Waals surface area contributed by atoms with Crippen LogP contribution in [-0.4, -0.2) is 16.5 Å². The van der Waals surface area contributed by atoms with Gasteiger partial charge in [0.1, 0.15) is 0 Å². The summed E-state index contributed by atoms with van der Waals surface area (Å²) in [5.41, 5.74) is 4.53. The average molecular weight is 256 g/mol. The third-order valence-electron chi connectivity index (χ3n) is 2.94. The molecule has 0 bridgehead atoms. The van der Waals surface area contributed by atoms with Crippen molar-refractivity contribution in [1.82, 2.24) is 9.97 Å². The van der Waals surface area contributed by atoms with Gasteiger partial charge in [-0.1, -0.05) is 6.92 Å². The Kier molecular flexibility index (Phi) is 4.72. The molecule has 100 valence electrons. The lowest BCUT2D eigenvalue weighted by molar-refractivity contribution is 0.977. The second-order valence-corrected chi connectivity index (χ2v) is 4.54. The summed E-state index contributed by atoms with van der Waals surface area (Å²) >= 11 is 0. The molecule has 19 heavy (non-hydrogen) atoms. The third-order valence-corrected chi connectivity index (χ3v) is 2.94. The van der Waals surface area contributed by atoms with Crippen LogP contribution in [0, 0.1) is 6.92 Å². The molecule has 4 heteroatoms. The highest BCUT2D eigenvalue weighted by molar-refractivity contribution is 5.54. The van der Waals surface area contributed by atoms with Crippen LogP contribution in [0.5, 0.6) is 0 Å². The number of nitrogens with zero attached hydrogens (tertiary/aromatic N) is 2. The zero-order valence-electron chi connectivity index (χ0n) is 11.5. The minimum Gasteiger partial charge on any atom is -0.384 e. The molecule has 2 heterocycles. The summed E-state index contributed by atoms with van der Waals surface area (Å²) in [7, 11) is 0. The number of rotatable bonds is 6. The van der Waals surface area contributed by atoms with E-state index in [0.29, 0.717) is 0 Å². The molecule has 0 fully saturated rings. The molecule has 0 aromatic carbocycles. The van der Waals surface area contributed by atoms with Crippen LogP contribution < -0.4 is 10.6 Å². The maximum Gasteiger partial charge on any atom is 0.0550 e. The van der Waals surface area contributed by atoms with Crippen molar-refractivity contribution in [2.24, 2.45) is 0 Å². The Bertz CT molecular complexity index is 525. The van der Waals surface area contributed by atoms with Crippen molar-refractivity contribution in [1.29, 1.82) is 0 Å². The number of nitrogens with one attached hydrogen (secondary N) is 2. The number of pyridine rings is 2. The molecular formula is C15H20N4. The summed E-state index contributed by atoms with van der Waals surface area (Å²) in [6.45, 7) is 5.97. The SMILES string of the molecule is CCCNc1cncc(NCc2ccncc2C)c1. The molecule has 0 aliphatic heterocycles. The van der Waals surface area contributed by atoms with E-state index in [9.17, 15) is 0 Å². The molecule has 2 rings (SSSR count). The Morgan fingerprint density at radius 1 is 1.05 bits per heavy atom. The maximum absolute atomic E-state index is 4.23. The maximum atomic E-state index is 4.23. The molecule has 0 atom stereocenters. The van der Waals surface area contributed by atoms with E-state index in [2.05, 4.69) is 40.5 Å². The monoisotopic (exact) mass is 256 g/mol. The second-order valence-electron chi connectivity index (χ2n) is 4.54. The van der Waals surface area contributed by atoms with Crippen LogP contribution >= 0.6 is 0 Å². The molecule has 0 aliphatic carbocycles. The van der Waals surface area contributed by atoms with Gasteiger partial charge in [0.2, 0.25) is 0 Å². The van der Waals surface area contributed by atoms with Gasteiger partial charge in [0.25, 0.3) is 0 Å². The molecule has 0 saturated heterocycles. The van der Waals surface area contributed by atoms with Gasteiger partial charge in [0.15, 0.2) is 0 Å². The van der Waals surface area contributed by atoms with E-state index in [1.807, 2.05) is 30.9 Å². The van der Waals surface area contributed by atoms with Crippen molar-refractivity contribution in [3.8, 4) is 0 Å². The smallest absolute Gasteiger partial charge is 0.0550 e. The average Bonchev–Trinajstić information content (AvgIpc) is 2.45. The van der Waals surface area contributed by atoms with Gasteiger partial charge in [-0.05, 0) is 36.6 Å². The molecule has 2 aromatic heterocycles. The summed E-state index contributed by atoms with van der Waals surface area (Å²) in [6.07, 6.45) is 8.50. The number of anilines is 2. The minimum atomic E-state index is 0.785. The number of hydrogen-bond donors (Lipinski definition) is 2. The first kappa shape index (κ1) is 13.3. The summed E-state index contributed by atoms with van der Waals surface area (Å²) in [5.74, 6) is 0. The van der Waals surface area contributed by atoms with E-state index >= 15 is 0 Å². The lowest BCUT2D eigenvalue weighted by Crippen LogP contribution is -2.04. The topological polar surface area (TPSA) is 49.8 Å². The van der Waals surface area contributed by atoms with Crippen molar-refractivity contribution in [2.45, 2.75) is 26.8 Å². The molecule has 0 amide bonds. The van der Waals surface area contributed by atoms with Crippen molar-refractivity contribution >= 4 is 11.4 Å². The summed E-state index contributed by atoms with van der Waals surface area (Å²) in [6, 6.07) is 4.12. The first-order chi connectivity index (χ1) is 9.29. The quantitative estimate of drug-likeness (QED) is 0.833. The van der Waals surface area contributed by atoms with E-state index in [1.54, 1.807) is 0 Å². The predicted molar refractivity (Wildman–Crippen MR) is 79.3 cm³/mol. The lowest BCUT2D eigenvalue weighted by Gasteiger charge is -2.10. The van der Waals surface area contributed by atoms with Crippen LogP contribution in [0.4, 0.5) is 11.4 Å². The van der Waals surface area contributed by atoms with Crippen LogP contribution in [0.15, 0.2) is 36.9 Å². The van der Waals surface area contributed by atoms with E-state index in [4.69, 9.17) is 0 Å². The van der Waals surface area contributed by atoms with Crippen LogP contribution in [-0.2, 0) is 6.54 Å². The van der Waals surface area contributed by atoms with Crippen LogP contribution in [0.1, 0.15) is 24.5 Å². The fourth-order valence-corrected chi connectivity index (χ4v) is 1.80. The molecule has 0 aliphatic rings. The molecule has 0 saturated carbocycles. The third kappa shape index (κ3) is 3.95. The predicted octanol–water partition coefficient (Wildman–Crippen LogP) is 3.22. The molecule has 0 radical (unpaired) electrons. The molecule has 2 aromatic rings. The number of aromatic nitrogens is 2. The van der Waals surface area contributed by atoms with Gasteiger partial charge in [0.05, 0.1) is 23.8 Å². The first-order valence-corrected chi connectivity index (χ1v) is 6.62. The summed E-state index contributed by atoms with van der Waals surface area (Å²) in [4.78, 5) is 8.33. The highest BCUT2D eigenvalue weighted by Crippen LogP contribution is 2.15. The minimum absolute atomic E-state index is 0.785. The Hall–Kier alpha value is -2.10. The van der Waals surface area contributed by atoms with E-state index in [-0.39, 0.29) is 0 Å². The van der Waals surface area contributed by atoms with Crippen molar-refractivity contribution in [3.63, 3.8) is 0 Å². The van der Waals surface area contributed by atoms with Gasteiger partial charge < -0.3 is 10.6 Å². The second kappa shape index (κ2) is 6.73. The molecule has 4 nitrogen and oxygen atoms in total. The number of aryl methyl sites for hydroxylation is 1. The highest BCUT2D eigenvalue weighted by Gasteiger charge is 1.99. The van der Waals surface area contributed by atoms with Gasteiger partial charge in [-0.15, -0.1) is 0 Å². The molecule has 0 unspecified atom stereocenters. The van der Waals surface area contributed by atoms with Crippen molar-refractivity contribution in [2.75, 3.05) is 17.2 Å². The van der Waals surface area contributed by atoms with E-state index in [0.717, 1.165) is 30.9 Å². The van der Waals surface area contributed by atoms with E-state index in [1.165, 1.54) is 11.1 Å². The highest BCUT2D eigenvalue weighted by atomic mass is 14.9. The zero-order chi connectivity index (χ0) is 13.5. The fraction of sp³-hybridized carbons (Fsp3) is 0.333. The largest absolute Gasteiger partial charge is 0.384 e. The van der Waals surface area contributed by atoms with Crippen molar-refractivity contribution in [3.05, 3.63) is 48.0 Å². The normalized spacial score (nSPS) is 10.2. The van der Waals surface area contributed by atoms with Gasteiger partial charge >= 0.3 is 0 Å².